The van der Waals surface area contributed by atoms with Crippen LogP contribution in [-0.4, -0.2) is 37.7 Å². The van der Waals surface area contributed by atoms with Gasteiger partial charge in [-0.25, -0.2) is 0 Å². The number of ether oxygens (including phenoxy) is 1. The highest BCUT2D eigenvalue weighted by Crippen LogP contribution is 2.24. The maximum atomic E-state index is 5.67. The highest BCUT2D eigenvalue weighted by molar-refractivity contribution is 5.30. The first-order valence-electron chi connectivity index (χ1n) is 7.55. The maximum Gasteiger partial charge on any atom is 0.0721 e. The van der Waals surface area contributed by atoms with Gasteiger partial charge in [-0.1, -0.05) is 24.3 Å². The van der Waals surface area contributed by atoms with Gasteiger partial charge in [-0.05, 0) is 56.6 Å². The zero-order valence-electron chi connectivity index (χ0n) is 11.6. The number of rotatable bonds is 5. The third-order valence-corrected chi connectivity index (χ3v) is 4.21. The van der Waals surface area contributed by atoms with Gasteiger partial charge < -0.3 is 15.0 Å². The molecule has 1 N–H and O–H groups in total. The molecule has 2 heterocycles. The molecule has 1 unspecified atom stereocenters. The van der Waals surface area contributed by atoms with E-state index in [0.29, 0.717) is 6.04 Å². The molecule has 3 heteroatoms. The average molecular weight is 260 g/mol. The standard InChI is InChI=1S/C16H24N2O/c1-2-7-15-14(6-1)12-19-13-16(15)17-8-5-11-18-9-3-4-10-18/h1-2,6-7,16-17H,3-5,8-13H2. The molecule has 1 saturated heterocycles. The summed E-state index contributed by atoms with van der Waals surface area (Å²) < 4.78 is 5.67. The first kappa shape index (κ1) is 13.1. The molecule has 1 atom stereocenters. The Labute approximate surface area is 115 Å². The number of benzene rings is 1. The second-order valence-corrected chi connectivity index (χ2v) is 5.62. The summed E-state index contributed by atoms with van der Waals surface area (Å²) in [6.07, 6.45) is 4.01. The molecule has 2 aliphatic heterocycles. The smallest absolute Gasteiger partial charge is 0.0721 e. The predicted octanol–water partition coefficient (Wildman–Crippen LogP) is 2.33. The quantitative estimate of drug-likeness (QED) is 0.822. The second kappa shape index (κ2) is 6.51. The van der Waals surface area contributed by atoms with Crippen molar-refractivity contribution in [3.05, 3.63) is 35.4 Å². The van der Waals surface area contributed by atoms with Crippen molar-refractivity contribution in [1.29, 1.82) is 0 Å². The van der Waals surface area contributed by atoms with Crippen molar-refractivity contribution < 1.29 is 4.74 Å². The van der Waals surface area contributed by atoms with Gasteiger partial charge >= 0.3 is 0 Å². The van der Waals surface area contributed by atoms with Crippen LogP contribution in [0.3, 0.4) is 0 Å². The van der Waals surface area contributed by atoms with E-state index in [1.54, 1.807) is 0 Å². The lowest BCUT2D eigenvalue weighted by atomic mass is 9.99. The van der Waals surface area contributed by atoms with E-state index in [1.165, 1.54) is 50.0 Å². The van der Waals surface area contributed by atoms with Crippen LogP contribution >= 0.6 is 0 Å². The lowest BCUT2D eigenvalue weighted by Crippen LogP contribution is -2.32. The van der Waals surface area contributed by atoms with Crippen molar-refractivity contribution >= 4 is 0 Å². The normalized spacial score (nSPS) is 23.5. The highest BCUT2D eigenvalue weighted by atomic mass is 16.5. The van der Waals surface area contributed by atoms with E-state index >= 15 is 0 Å². The monoisotopic (exact) mass is 260 g/mol. The lowest BCUT2D eigenvalue weighted by Gasteiger charge is -2.27. The summed E-state index contributed by atoms with van der Waals surface area (Å²) in [5.74, 6) is 0. The van der Waals surface area contributed by atoms with E-state index in [2.05, 4.69) is 34.5 Å². The fraction of sp³-hybridized carbons (Fsp3) is 0.625. The van der Waals surface area contributed by atoms with Crippen molar-refractivity contribution in [2.45, 2.75) is 31.9 Å². The van der Waals surface area contributed by atoms with E-state index in [-0.39, 0.29) is 0 Å². The summed E-state index contributed by atoms with van der Waals surface area (Å²) in [6, 6.07) is 9.01. The average Bonchev–Trinajstić information content (AvgIpc) is 2.97. The molecule has 0 aliphatic carbocycles. The SMILES string of the molecule is c1ccc2c(c1)COCC2NCCCN1CCCC1. The molecule has 1 aromatic carbocycles. The minimum atomic E-state index is 0.378. The topological polar surface area (TPSA) is 24.5 Å². The summed E-state index contributed by atoms with van der Waals surface area (Å²) >= 11 is 0. The number of nitrogens with zero attached hydrogens (tertiary/aromatic N) is 1. The summed E-state index contributed by atoms with van der Waals surface area (Å²) in [7, 11) is 0. The molecule has 0 bridgehead atoms. The van der Waals surface area contributed by atoms with E-state index in [4.69, 9.17) is 4.74 Å². The van der Waals surface area contributed by atoms with Crippen LogP contribution in [0.15, 0.2) is 24.3 Å². The fourth-order valence-electron chi connectivity index (χ4n) is 3.14. The maximum absolute atomic E-state index is 5.67. The van der Waals surface area contributed by atoms with E-state index in [1.807, 2.05) is 0 Å². The lowest BCUT2D eigenvalue weighted by molar-refractivity contribution is 0.0819. The third-order valence-electron chi connectivity index (χ3n) is 4.21. The van der Waals surface area contributed by atoms with Crippen molar-refractivity contribution in [2.75, 3.05) is 32.8 Å². The van der Waals surface area contributed by atoms with Gasteiger partial charge in [0.15, 0.2) is 0 Å². The molecule has 0 aromatic heterocycles. The summed E-state index contributed by atoms with van der Waals surface area (Å²) in [5.41, 5.74) is 2.76. The van der Waals surface area contributed by atoms with Gasteiger partial charge in [0.25, 0.3) is 0 Å². The second-order valence-electron chi connectivity index (χ2n) is 5.62. The van der Waals surface area contributed by atoms with Gasteiger partial charge in [0.2, 0.25) is 0 Å². The van der Waals surface area contributed by atoms with Gasteiger partial charge in [-0.2, -0.15) is 0 Å². The van der Waals surface area contributed by atoms with Gasteiger partial charge in [-0.3, -0.25) is 0 Å². The van der Waals surface area contributed by atoms with Crippen LogP contribution in [0.1, 0.15) is 36.4 Å². The highest BCUT2D eigenvalue weighted by Gasteiger charge is 2.19. The summed E-state index contributed by atoms with van der Waals surface area (Å²) in [6.45, 7) is 6.49. The first-order valence-corrected chi connectivity index (χ1v) is 7.55. The Morgan fingerprint density at radius 1 is 1.21 bits per heavy atom. The summed E-state index contributed by atoms with van der Waals surface area (Å²) in [4.78, 5) is 2.58. The minimum absolute atomic E-state index is 0.378. The fourth-order valence-corrected chi connectivity index (χ4v) is 3.14. The number of likely N-dealkylation sites (tertiary alicyclic amines) is 1. The largest absolute Gasteiger partial charge is 0.375 e. The molecule has 0 radical (unpaired) electrons. The van der Waals surface area contributed by atoms with E-state index in [9.17, 15) is 0 Å². The van der Waals surface area contributed by atoms with Crippen molar-refractivity contribution in [3.63, 3.8) is 0 Å². The van der Waals surface area contributed by atoms with Crippen LogP contribution in [0.25, 0.3) is 0 Å². The Hall–Kier alpha value is -0.900. The third kappa shape index (κ3) is 3.35. The van der Waals surface area contributed by atoms with Crippen LogP contribution in [0, 0.1) is 0 Å². The molecular weight excluding hydrogens is 236 g/mol. The Morgan fingerprint density at radius 2 is 2.05 bits per heavy atom. The predicted molar refractivity (Wildman–Crippen MR) is 77.1 cm³/mol. The Bertz CT molecular complexity index is 401. The van der Waals surface area contributed by atoms with Gasteiger partial charge in [0.05, 0.1) is 19.3 Å². The molecule has 0 spiro atoms. The Morgan fingerprint density at radius 3 is 2.95 bits per heavy atom. The first-order chi connectivity index (χ1) is 9.43. The molecule has 1 aromatic rings. The molecule has 2 aliphatic rings. The van der Waals surface area contributed by atoms with Crippen LogP contribution in [-0.2, 0) is 11.3 Å². The zero-order chi connectivity index (χ0) is 12.9. The van der Waals surface area contributed by atoms with Crippen LogP contribution < -0.4 is 5.32 Å². The molecule has 3 rings (SSSR count). The minimum Gasteiger partial charge on any atom is -0.375 e. The molecule has 104 valence electrons. The number of hydrogen-bond acceptors (Lipinski definition) is 3. The Kier molecular flexibility index (Phi) is 4.49. The van der Waals surface area contributed by atoms with E-state index in [0.717, 1.165) is 19.8 Å². The molecule has 0 amide bonds. The van der Waals surface area contributed by atoms with Crippen LogP contribution in [0.5, 0.6) is 0 Å². The zero-order valence-corrected chi connectivity index (χ0v) is 11.6. The number of nitrogens with one attached hydrogen (secondary N) is 1. The van der Waals surface area contributed by atoms with Crippen molar-refractivity contribution in [2.24, 2.45) is 0 Å². The molecule has 19 heavy (non-hydrogen) atoms. The molecular formula is C16H24N2O. The van der Waals surface area contributed by atoms with Gasteiger partial charge in [-0.15, -0.1) is 0 Å². The number of hydrogen-bond donors (Lipinski definition) is 1. The molecule has 1 fully saturated rings. The van der Waals surface area contributed by atoms with Crippen LogP contribution in [0.4, 0.5) is 0 Å². The number of fused-ring (bicyclic) bond motifs is 1. The Balaban J connectivity index is 1.45. The molecule has 0 saturated carbocycles. The summed E-state index contributed by atoms with van der Waals surface area (Å²) in [5, 5.41) is 3.65. The van der Waals surface area contributed by atoms with Crippen molar-refractivity contribution in [1.82, 2.24) is 10.2 Å². The van der Waals surface area contributed by atoms with Crippen LogP contribution in [0.2, 0.25) is 0 Å². The van der Waals surface area contributed by atoms with Gasteiger partial charge in [0, 0.05) is 0 Å². The van der Waals surface area contributed by atoms with Gasteiger partial charge in [0.1, 0.15) is 0 Å². The molecule has 3 nitrogen and oxygen atoms in total. The van der Waals surface area contributed by atoms with E-state index < -0.39 is 0 Å². The van der Waals surface area contributed by atoms with Crippen molar-refractivity contribution in [3.8, 4) is 0 Å².